The highest BCUT2D eigenvalue weighted by atomic mass is 16.6. The van der Waals surface area contributed by atoms with Gasteiger partial charge in [-0.3, -0.25) is 0 Å². The van der Waals surface area contributed by atoms with E-state index in [1.807, 2.05) is 36.4 Å². The van der Waals surface area contributed by atoms with Gasteiger partial charge >= 0.3 is 0 Å². The van der Waals surface area contributed by atoms with Gasteiger partial charge in [-0.1, -0.05) is 36.4 Å². The van der Waals surface area contributed by atoms with Crippen molar-refractivity contribution >= 4 is 0 Å². The van der Waals surface area contributed by atoms with Crippen LogP contribution in [-0.2, 0) is 16.1 Å². The molecule has 0 amide bonds. The number of benzene rings is 1. The Balaban J connectivity index is 1.64. The van der Waals surface area contributed by atoms with Crippen LogP contribution < -0.4 is 0 Å². The first-order valence-corrected chi connectivity index (χ1v) is 5.87. The van der Waals surface area contributed by atoms with E-state index >= 15 is 0 Å². The quantitative estimate of drug-likeness (QED) is 0.579. The number of epoxide rings is 1. The van der Waals surface area contributed by atoms with E-state index < -0.39 is 6.10 Å². The van der Waals surface area contributed by atoms with E-state index in [1.165, 1.54) is 0 Å². The SMILES string of the molecule is C=CC[C@H]1O[C@@H]1[C@H](O)COCc1ccccc1. The van der Waals surface area contributed by atoms with E-state index in [0.29, 0.717) is 13.2 Å². The number of aliphatic hydroxyl groups excluding tert-OH is 1. The van der Waals surface area contributed by atoms with Crippen molar-refractivity contribution in [3.8, 4) is 0 Å². The van der Waals surface area contributed by atoms with Gasteiger partial charge in [0, 0.05) is 0 Å². The molecule has 3 heteroatoms. The molecule has 2 rings (SSSR count). The summed E-state index contributed by atoms with van der Waals surface area (Å²) in [6.45, 7) is 4.48. The number of ether oxygens (including phenoxy) is 2. The van der Waals surface area contributed by atoms with Crippen LogP contribution in [-0.4, -0.2) is 30.0 Å². The second-order valence-corrected chi connectivity index (χ2v) is 4.23. The summed E-state index contributed by atoms with van der Waals surface area (Å²) in [5, 5.41) is 9.78. The second-order valence-electron chi connectivity index (χ2n) is 4.23. The molecule has 0 radical (unpaired) electrons. The average molecular weight is 234 g/mol. The number of hydrogen-bond donors (Lipinski definition) is 1. The topological polar surface area (TPSA) is 42.0 Å². The molecule has 0 aliphatic carbocycles. The summed E-state index contributed by atoms with van der Waals surface area (Å²) in [5.41, 5.74) is 1.11. The van der Waals surface area contributed by atoms with Gasteiger partial charge in [-0.05, 0) is 12.0 Å². The van der Waals surface area contributed by atoms with E-state index in [0.717, 1.165) is 12.0 Å². The monoisotopic (exact) mass is 234 g/mol. The van der Waals surface area contributed by atoms with Gasteiger partial charge in [0.1, 0.15) is 12.2 Å². The molecule has 3 nitrogen and oxygen atoms in total. The molecule has 1 aromatic rings. The molecule has 17 heavy (non-hydrogen) atoms. The van der Waals surface area contributed by atoms with Crippen molar-refractivity contribution in [1.82, 2.24) is 0 Å². The van der Waals surface area contributed by atoms with Gasteiger partial charge in [-0.15, -0.1) is 6.58 Å². The first-order chi connectivity index (χ1) is 8.31. The number of hydrogen-bond acceptors (Lipinski definition) is 3. The maximum atomic E-state index is 9.78. The highest BCUT2D eigenvalue weighted by Gasteiger charge is 2.43. The smallest absolute Gasteiger partial charge is 0.113 e. The van der Waals surface area contributed by atoms with Crippen LogP contribution in [0.4, 0.5) is 0 Å². The lowest BCUT2D eigenvalue weighted by atomic mass is 10.1. The molecule has 0 spiro atoms. The summed E-state index contributed by atoms with van der Waals surface area (Å²) in [7, 11) is 0. The van der Waals surface area contributed by atoms with Crippen LogP contribution in [0.25, 0.3) is 0 Å². The lowest BCUT2D eigenvalue weighted by Gasteiger charge is -2.08. The maximum absolute atomic E-state index is 9.78. The highest BCUT2D eigenvalue weighted by molar-refractivity contribution is 5.13. The van der Waals surface area contributed by atoms with Gasteiger partial charge in [-0.25, -0.2) is 0 Å². The third-order valence-corrected chi connectivity index (χ3v) is 2.80. The molecule has 1 fully saturated rings. The van der Waals surface area contributed by atoms with Crippen molar-refractivity contribution in [2.75, 3.05) is 6.61 Å². The lowest BCUT2D eigenvalue weighted by Crippen LogP contribution is -2.23. The minimum Gasteiger partial charge on any atom is -0.388 e. The Hall–Kier alpha value is -1.16. The standard InChI is InChI=1S/C14H18O3/c1-2-6-13-14(17-13)12(15)10-16-9-11-7-4-3-5-8-11/h2-5,7-8,12-15H,1,6,9-10H2/t12-,13-,14-/m1/s1. The van der Waals surface area contributed by atoms with Gasteiger partial charge in [-0.2, -0.15) is 0 Å². The zero-order chi connectivity index (χ0) is 12.1. The Morgan fingerprint density at radius 3 is 2.88 bits per heavy atom. The van der Waals surface area contributed by atoms with Crippen molar-refractivity contribution < 1.29 is 14.6 Å². The fourth-order valence-electron chi connectivity index (χ4n) is 1.82. The fourth-order valence-corrected chi connectivity index (χ4v) is 1.82. The number of rotatable bonds is 7. The van der Waals surface area contributed by atoms with Crippen LogP contribution in [0.5, 0.6) is 0 Å². The average Bonchev–Trinajstić information content (AvgIpc) is 3.10. The zero-order valence-electron chi connectivity index (χ0n) is 9.79. The normalized spacial score (nSPS) is 24.3. The molecule has 0 aromatic heterocycles. The van der Waals surface area contributed by atoms with E-state index in [-0.39, 0.29) is 12.2 Å². The van der Waals surface area contributed by atoms with Crippen molar-refractivity contribution in [2.45, 2.75) is 31.3 Å². The molecule has 1 N–H and O–H groups in total. The zero-order valence-corrected chi connectivity index (χ0v) is 9.79. The molecule has 0 unspecified atom stereocenters. The van der Waals surface area contributed by atoms with Crippen LogP contribution in [0, 0.1) is 0 Å². The van der Waals surface area contributed by atoms with Crippen molar-refractivity contribution in [3.05, 3.63) is 48.6 Å². The molecular formula is C14H18O3. The molecule has 1 heterocycles. The molecular weight excluding hydrogens is 216 g/mol. The van der Waals surface area contributed by atoms with Crippen LogP contribution in [0.3, 0.4) is 0 Å². The Bertz CT molecular complexity index is 350. The highest BCUT2D eigenvalue weighted by Crippen LogP contribution is 2.28. The maximum Gasteiger partial charge on any atom is 0.113 e. The summed E-state index contributed by atoms with van der Waals surface area (Å²) < 4.78 is 10.8. The number of aliphatic hydroxyl groups is 1. The van der Waals surface area contributed by atoms with Crippen molar-refractivity contribution in [3.63, 3.8) is 0 Å². The van der Waals surface area contributed by atoms with E-state index in [4.69, 9.17) is 9.47 Å². The summed E-state index contributed by atoms with van der Waals surface area (Å²) in [5.74, 6) is 0. The molecule has 1 aromatic carbocycles. The van der Waals surface area contributed by atoms with E-state index in [9.17, 15) is 5.11 Å². The molecule has 0 saturated carbocycles. The third-order valence-electron chi connectivity index (χ3n) is 2.80. The lowest BCUT2D eigenvalue weighted by molar-refractivity contribution is 0.0148. The van der Waals surface area contributed by atoms with E-state index in [2.05, 4.69) is 6.58 Å². The van der Waals surface area contributed by atoms with Crippen LogP contribution in [0.2, 0.25) is 0 Å². The van der Waals surface area contributed by atoms with Gasteiger partial charge in [0.15, 0.2) is 0 Å². The summed E-state index contributed by atoms with van der Waals surface area (Å²) in [4.78, 5) is 0. The first-order valence-electron chi connectivity index (χ1n) is 5.87. The molecule has 1 aliphatic heterocycles. The van der Waals surface area contributed by atoms with E-state index in [1.54, 1.807) is 0 Å². The minimum absolute atomic E-state index is 0.0798. The van der Waals surface area contributed by atoms with Crippen molar-refractivity contribution in [1.29, 1.82) is 0 Å². The molecule has 3 atom stereocenters. The van der Waals surface area contributed by atoms with Crippen LogP contribution in [0.1, 0.15) is 12.0 Å². The van der Waals surface area contributed by atoms with Gasteiger partial charge < -0.3 is 14.6 Å². The minimum atomic E-state index is -0.538. The Labute approximate surface area is 102 Å². The summed E-state index contributed by atoms with van der Waals surface area (Å²) >= 11 is 0. The first kappa shape index (κ1) is 12.3. The Morgan fingerprint density at radius 1 is 1.41 bits per heavy atom. The Kier molecular flexibility index (Phi) is 4.31. The Morgan fingerprint density at radius 2 is 2.18 bits per heavy atom. The summed E-state index contributed by atoms with van der Waals surface area (Å²) in [6.07, 6.45) is 2.11. The van der Waals surface area contributed by atoms with Gasteiger partial charge in [0.2, 0.25) is 0 Å². The molecule has 1 aliphatic rings. The van der Waals surface area contributed by atoms with Crippen LogP contribution in [0.15, 0.2) is 43.0 Å². The molecule has 1 saturated heterocycles. The predicted octanol–water partition coefficient (Wildman–Crippen LogP) is 1.91. The largest absolute Gasteiger partial charge is 0.388 e. The van der Waals surface area contributed by atoms with Gasteiger partial charge in [0.05, 0.1) is 19.3 Å². The summed E-state index contributed by atoms with van der Waals surface area (Å²) in [6, 6.07) is 9.91. The van der Waals surface area contributed by atoms with Gasteiger partial charge in [0.25, 0.3) is 0 Å². The second kappa shape index (κ2) is 5.96. The van der Waals surface area contributed by atoms with Crippen LogP contribution >= 0.6 is 0 Å². The van der Waals surface area contributed by atoms with Crippen molar-refractivity contribution in [2.24, 2.45) is 0 Å². The fraction of sp³-hybridized carbons (Fsp3) is 0.429. The predicted molar refractivity (Wildman–Crippen MR) is 65.6 cm³/mol. The molecule has 0 bridgehead atoms. The molecule has 92 valence electrons. The third kappa shape index (κ3) is 3.66.